The molecule has 0 spiro atoms. The molecule has 0 aromatic heterocycles. The Labute approximate surface area is 94.3 Å². The lowest BCUT2D eigenvalue weighted by atomic mass is 9.93. The van der Waals surface area contributed by atoms with Gasteiger partial charge in [0.25, 0.3) is 0 Å². The van der Waals surface area contributed by atoms with E-state index < -0.39 is 11.6 Å². The maximum atomic E-state index is 10.8. The number of aliphatic hydroxyl groups is 1. The zero-order valence-electron chi connectivity index (χ0n) is 8.37. The van der Waals surface area contributed by atoms with Crippen LogP contribution >= 0.6 is 12.6 Å². The highest BCUT2D eigenvalue weighted by atomic mass is 32.1. The van der Waals surface area contributed by atoms with Gasteiger partial charge < -0.3 is 14.9 Å². The van der Waals surface area contributed by atoms with Crippen LogP contribution in [0.25, 0.3) is 0 Å². The number of thiol groups is 1. The third-order valence-corrected chi connectivity index (χ3v) is 2.60. The van der Waals surface area contributed by atoms with E-state index in [-0.39, 0.29) is 12.0 Å². The van der Waals surface area contributed by atoms with Gasteiger partial charge in [0.05, 0.1) is 12.0 Å². The third-order valence-electron chi connectivity index (χ3n) is 2.48. The van der Waals surface area contributed by atoms with Crippen LogP contribution < -0.4 is 0 Å². The molecular formula is C10H16O4S. The van der Waals surface area contributed by atoms with Crippen LogP contribution in [0.3, 0.4) is 0 Å². The Hall–Kier alpha value is -0.520. The summed E-state index contributed by atoms with van der Waals surface area (Å²) in [5.41, 5.74) is -1.11. The number of carboxylic acid groups (broad SMARTS) is 1. The van der Waals surface area contributed by atoms with Crippen LogP contribution in [0.5, 0.6) is 0 Å². The van der Waals surface area contributed by atoms with Gasteiger partial charge >= 0.3 is 5.97 Å². The van der Waals surface area contributed by atoms with Crippen LogP contribution in [-0.2, 0) is 9.53 Å². The first-order chi connectivity index (χ1) is 7.09. The van der Waals surface area contributed by atoms with Gasteiger partial charge in [-0.25, -0.2) is 0 Å². The molecule has 0 radical (unpaired) electrons. The standard InChI is InChI=1S/C10H16O4S/c11-9(12)7-3-1-2-4-8(6-5-7)14-10(13)15/h2,4,7-8,10,13,15H,1,3,5-6H2,(H,11,12). The molecule has 5 heteroatoms. The molecule has 3 atom stereocenters. The maximum absolute atomic E-state index is 10.8. The molecule has 0 fully saturated rings. The fraction of sp³-hybridized carbons (Fsp3) is 0.700. The van der Waals surface area contributed by atoms with E-state index >= 15 is 0 Å². The van der Waals surface area contributed by atoms with E-state index in [1.807, 2.05) is 12.2 Å². The first kappa shape index (κ1) is 12.5. The normalized spacial score (nSPS) is 29.2. The van der Waals surface area contributed by atoms with Crippen LogP contribution in [0.2, 0.25) is 0 Å². The number of allylic oxidation sites excluding steroid dienone is 1. The highest BCUT2D eigenvalue weighted by molar-refractivity contribution is 7.80. The van der Waals surface area contributed by atoms with Gasteiger partial charge in [0, 0.05) is 0 Å². The summed E-state index contributed by atoms with van der Waals surface area (Å²) in [5, 5.41) is 17.8. The van der Waals surface area contributed by atoms with E-state index in [2.05, 4.69) is 12.6 Å². The van der Waals surface area contributed by atoms with Crippen molar-refractivity contribution in [2.75, 3.05) is 0 Å². The summed E-state index contributed by atoms with van der Waals surface area (Å²) >= 11 is 3.72. The Morgan fingerprint density at radius 3 is 2.80 bits per heavy atom. The van der Waals surface area contributed by atoms with E-state index in [0.717, 1.165) is 6.42 Å². The lowest BCUT2D eigenvalue weighted by Crippen LogP contribution is -2.21. The lowest BCUT2D eigenvalue weighted by Gasteiger charge is -2.20. The van der Waals surface area contributed by atoms with Crippen molar-refractivity contribution in [1.29, 1.82) is 0 Å². The van der Waals surface area contributed by atoms with Crippen LogP contribution in [0.15, 0.2) is 12.2 Å². The second kappa shape index (κ2) is 6.15. The van der Waals surface area contributed by atoms with Gasteiger partial charge in [-0.2, -0.15) is 0 Å². The molecule has 0 aliphatic heterocycles. The Morgan fingerprint density at radius 2 is 2.20 bits per heavy atom. The molecule has 86 valence electrons. The number of aliphatic carboxylic acids is 1. The fourth-order valence-corrected chi connectivity index (χ4v) is 1.82. The molecule has 15 heavy (non-hydrogen) atoms. The average molecular weight is 232 g/mol. The first-order valence-electron chi connectivity index (χ1n) is 5.00. The largest absolute Gasteiger partial charge is 0.481 e. The predicted molar refractivity (Wildman–Crippen MR) is 58.6 cm³/mol. The molecule has 3 unspecified atom stereocenters. The van der Waals surface area contributed by atoms with E-state index in [1.54, 1.807) is 0 Å². The van der Waals surface area contributed by atoms with Crippen molar-refractivity contribution >= 4 is 18.6 Å². The van der Waals surface area contributed by atoms with Crippen molar-refractivity contribution in [1.82, 2.24) is 0 Å². The summed E-state index contributed by atoms with van der Waals surface area (Å²) in [4.78, 5) is 10.8. The number of rotatable bonds is 3. The minimum Gasteiger partial charge on any atom is -0.481 e. The monoisotopic (exact) mass is 232 g/mol. The smallest absolute Gasteiger partial charge is 0.306 e. The average Bonchev–Trinajstić information content (AvgIpc) is 2.08. The highest BCUT2D eigenvalue weighted by Crippen LogP contribution is 2.21. The van der Waals surface area contributed by atoms with Crippen molar-refractivity contribution in [2.24, 2.45) is 5.92 Å². The lowest BCUT2D eigenvalue weighted by molar-refractivity contribution is -0.142. The number of aliphatic hydroxyl groups excluding tert-OH is 1. The van der Waals surface area contributed by atoms with Crippen LogP contribution in [0.1, 0.15) is 25.7 Å². The van der Waals surface area contributed by atoms with E-state index in [9.17, 15) is 4.79 Å². The molecule has 0 amide bonds. The van der Waals surface area contributed by atoms with Crippen molar-refractivity contribution < 1.29 is 19.7 Å². The van der Waals surface area contributed by atoms with Crippen molar-refractivity contribution in [3.05, 3.63) is 12.2 Å². The Kier molecular flexibility index (Phi) is 5.14. The van der Waals surface area contributed by atoms with Gasteiger partial charge in [0.15, 0.2) is 0 Å². The molecule has 0 heterocycles. The summed E-state index contributed by atoms with van der Waals surface area (Å²) < 4.78 is 5.09. The van der Waals surface area contributed by atoms with Crippen LogP contribution in [-0.4, -0.2) is 27.9 Å². The van der Waals surface area contributed by atoms with Crippen molar-refractivity contribution in [2.45, 2.75) is 37.4 Å². The van der Waals surface area contributed by atoms with Crippen molar-refractivity contribution in [3.63, 3.8) is 0 Å². The fourth-order valence-electron chi connectivity index (χ4n) is 1.67. The number of carbonyl (C=O) groups is 1. The second-order valence-electron chi connectivity index (χ2n) is 3.62. The Bertz CT molecular complexity index is 240. The Balaban J connectivity index is 2.49. The van der Waals surface area contributed by atoms with Gasteiger partial charge in [-0.15, -0.1) is 12.6 Å². The van der Waals surface area contributed by atoms with E-state index in [4.69, 9.17) is 14.9 Å². The molecule has 0 aromatic carbocycles. The van der Waals surface area contributed by atoms with Crippen LogP contribution in [0, 0.1) is 5.92 Å². The van der Waals surface area contributed by atoms with Crippen molar-refractivity contribution in [3.8, 4) is 0 Å². The Morgan fingerprint density at radius 1 is 1.47 bits per heavy atom. The molecule has 2 N–H and O–H groups in total. The van der Waals surface area contributed by atoms with E-state index in [0.29, 0.717) is 19.3 Å². The summed E-state index contributed by atoms with van der Waals surface area (Å²) in [6.45, 7) is 0. The summed E-state index contributed by atoms with van der Waals surface area (Å²) in [7, 11) is 0. The first-order valence-corrected chi connectivity index (χ1v) is 5.52. The molecule has 4 nitrogen and oxygen atoms in total. The van der Waals surface area contributed by atoms with Gasteiger partial charge in [0.2, 0.25) is 5.62 Å². The zero-order valence-corrected chi connectivity index (χ0v) is 9.27. The SMILES string of the molecule is O=C(O)C1CCC=CC(OC(O)S)CC1. The second-order valence-corrected chi connectivity index (χ2v) is 4.06. The van der Waals surface area contributed by atoms with Gasteiger partial charge in [-0.3, -0.25) is 4.79 Å². The van der Waals surface area contributed by atoms with E-state index in [1.165, 1.54) is 0 Å². The molecule has 0 bridgehead atoms. The molecule has 0 saturated carbocycles. The minimum absolute atomic E-state index is 0.236. The minimum atomic E-state index is -1.11. The maximum Gasteiger partial charge on any atom is 0.306 e. The predicted octanol–water partition coefficient (Wildman–Crippen LogP) is 1.41. The molecular weight excluding hydrogens is 216 g/mol. The quantitative estimate of drug-likeness (QED) is 0.391. The molecule has 1 rings (SSSR count). The number of carboxylic acids is 1. The molecule has 0 aromatic rings. The number of hydrogen-bond donors (Lipinski definition) is 3. The number of ether oxygens (including phenoxy) is 1. The number of hydrogen-bond acceptors (Lipinski definition) is 4. The van der Waals surface area contributed by atoms with Gasteiger partial charge in [-0.05, 0) is 25.7 Å². The zero-order chi connectivity index (χ0) is 11.3. The molecule has 0 saturated heterocycles. The molecule has 1 aliphatic rings. The highest BCUT2D eigenvalue weighted by Gasteiger charge is 2.20. The topological polar surface area (TPSA) is 66.8 Å². The van der Waals surface area contributed by atoms with Crippen LogP contribution in [0.4, 0.5) is 0 Å². The summed E-state index contributed by atoms with van der Waals surface area (Å²) in [6.07, 6.45) is 6.10. The summed E-state index contributed by atoms with van der Waals surface area (Å²) in [6, 6.07) is 0. The third kappa shape index (κ3) is 4.68. The summed E-state index contributed by atoms with van der Waals surface area (Å²) in [5.74, 6) is -1.06. The van der Waals surface area contributed by atoms with Gasteiger partial charge in [0.1, 0.15) is 0 Å². The molecule has 1 aliphatic carbocycles. The van der Waals surface area contributed by atoms with Gasteiger partial charge in [-0.1, -0.05) is 12.2 Å².